The number of hydrogen-bond acceptors (Lipinski definition) is 4. The Bertz CT molecular complexity index is 1190. The first-order valence-corrected chi connectivity index (χ1v) is 10.4. The van der Waals surface area contributed by atoms with Gasteiger partial charge in [0.25, 0.3) is 0 Å². The van der Waals surface area contributed by atoms with E-state index in [-0.39, 0.29) is 5.78 Å². The lowest BCUT2D eigenvalue weighted by molar-refractivity contribution is -0.139. The molecule has 1 aliphatic rings. The number of carbonyl (C=O) groups is 2. The molecule has 0 fully saturated rings. The van der Waals surface area contributed by atoms with Crippen LogP contribution >= 0.6 is 12.2 Å². The maximum atomic E-state index is 13.7. The third-order valence-electron chi connectivity index (χ3n) is 5.00. The summed E-state index contributed by atoms with van der Waals surface area (Å²) in [6.45, 7) is -0.496. The fourth-order valence-electron chi connectivity index (χ4n) is 3.61. The first kappa shape index (κ1) is 21.3. The zero-order valence-electron chi connectivity index (χ0n) is 16.9. The van der Waals surface area contributed by atoms with Crippen LogP contribution in [0.5, 0.6) is 5.75 Å². The standard InChI is InChI=1S/C25H20N2O4S/c28-20(29)15-31-19-14-8-7-13-18(19)23-21(24(30)17-11-5-2-6-12-17)22(26-25(32)27-23)16-9-3-1-4-10-16/h1-14,23H,15H2,(H,28,29)(H2,26,27,32)/t23-/m0/s1. The zero-order valence-corrected chi connectivity index (χ0v) is 17.8. The quantitative estimate of drug-likeness (QED) is 0.376. The summed E-state index contributed by atoms with van der Waals surface area (Å²) in [7, 11) is 0. The highest BCUT2D eigenvalue weighted by molar-refractivity contribution is 7.80. The van der Waals surface area contributed by atoms with E-state index in [1.807, 2.05) is 54.6 Å². The fraction of sp³-hybridized carbons (Fsp3) is 0.0800. The number of benzene rings is 3. The molecule has 7 heteroatoms. The number of rotatable bonds is 7. The van der Waals surface area contributed by atoms with Crippen molar-refractivity contribution in [3.8, 4) is 5.75 Å². The topological polar surface area (TPSA) is 87.7 Å². The lowest BCUT2D eigenvalue weighted by Gasteiger charge is -2.32. The number of ketones is 1. The molecule has 1 heterocycles. The molecule has 0 saturated carbocycles. The third-order valence-corrected chi connectivity index (χ3v) is 5.22. The number of para-hydroxylation sites is 1. The predicted octanol–water partition coefficient (Wildman–Crippen LogP) is 3.96. The number of carboxylic acids is 1. The minimum atomic E-state index is -1.09. The van der Waals surface area contributed by atoms with E-state index in [4.69, 9.17) is 22.1 Å². The molecule has 1 atom stereocenters. The van der Waals surface area contributed by atoms with Crippen molar-refractivity contribution >= 4 is 34.8 Å². The zero-order chi connectivity index (χ0) is 22.5. The van der Waals surface area contributed by atoms with Gasteiger partial charge in [-0.05, 0) is 23.8 Å². The predicted molar refractivity (Wildman–Crippen MR) is 125 cm³/mol. The molecule has 0 aromatic heterocycles. The number of carboxylic acid groups (broad SMARTS) is 1. The van der Waals surface area contributed by atoms with Gasteiger partial charge in [0.1, 0.15) is 5.75 Å². The summed E-state index contributed by atoms with van der Waals surface area (Å²) < 4.78 is 5.52. The smallest absolute Gasteiger partial charge is 0.341 e. The second kappa shape index (κ2) is 9.45. The van der Waals surface area contributed by atoms with Crippen molar-refractivity contribution in [3.05, 3.63) is 107 Å². The van der Waals surface area contributed by atoms with Crippen LogP contribution in [-0.4, -0.2) is 28.6 Å². The summed E-state index contributed by atoms with van der Waals surface area (Å²) in [6.07, 6.45) is 0. The number of hydrogen-bond donors (Lipinski definition) is 3. The summed E-state index contributed by atoms with van der Waals surface area (Å²) in [5, 5.41) is 15.7. The Morgan fingerprint density at radius 1 is 0.906 bits per heavy atom. The van der Waals surface area contributed by atoms with Crippen molar-refractivity contribution < 1.29 is 19.4 Å². The number of nitrogens with one attached hydrogen (secondary N) is 2. The molecule has 0 bridgehead atoms. The van der Waals surface area contributed by atoms with E-state index in [1.165, 1.54) is 0 Å². The average molecular weight is 445 g/mol. The van der Waals surface area contributed by atoms with Gasteiger partial charge < -0.3 is 20.5 Å². The highest BCUT2D eigenvalue weighted by atomic mass is 32.1. The van der Waals surface area contributed by atoms with Gasteiger partial charge in [-0.15, -0.1) is 0 Å². The second-order valence-corrected chi connectivity index (χ2v) is 7.51. The molecule has 4 rings (SSSR count). The van der Waals surface area contributed by atoms with Gasteiger partial charge >= 0.3 is 5.97 Å². The summed E-state index contributed by atoms with van der Waals surface area (Å²) in [6, 6.07) is 24.8. The Morgan fingerprint density at radius 2 is 1.53 bits per heavy atom. The van der Waals surface area contributed by atoms with Crippen LogP contribution in [0, 0.1) is 0 Å². The lowest BCUT2D eigenvalue weighted by atomic mass is 9.87. The van der Waals surface area contributed by atoms with Crippen LogP contribution < -0.4 is 15.4 Å². The second-order valence-electron chi connectivity index (χ2n) is 7.10. The normalized spacial score (nSPS) is 15.5. The molecule has 3 aromatic rings. The minimum Gasteiger partial charge on any atom is -0.482 e. The third kappa shape index (κ3) is 4.53. The van der Waals surface area contributed by atoms with E-state index in [1.54, 1.807) is 30.3 Å². The van der Waals surface area contributed by atoms with E-state index < -0.39 is 18.6 Å². The van der Waals surface area contributed by atoms with Crippen LogP contribution in [0.25, 0.3) is 5.70 Å². The lowest BCUT2D eigenvalue weighted by Crippen LogP contribution is -2.45. The van der Waals surface area contributed by atoms with Crippen molar-refractivity contribution in [2.45, 2.75) is 6.04 Å². The van der Waals surface area contributed by atoms with Gasteiger partial charge in [0, 0.05) is 11.1 Å². The largest absolute Gasteiger partial charge is 0.482 e. The molecule has 0 amide bonds. The first-order valence-electron chi connectivity index (χ1n) is 9.95. The molecule has 0 spiro atoms. The number of carbonyl (C=O) groups excluding carboxylic acids is 1. The Balaban J connectivity index is 1.90. The summed E-state index contributed by atoms with van der Waals surface area (Å²) in [4.78, 5) is 24.8. The molecule has 32 heavy (non-hydrogen) atoms. The molecule has 0 unspecified atom stereocenters. The van der Waals surface area contributed by atoms with Crippen LogP contribution in [0.15, 0.2) is 90.5 Å². The van der Waals surface area contributed by atoms with E-state index in [9.17, 15) is 9.59 Å². The molecule has 160 valence electrons. The van der Waals surface area contributed by atoms with Crippen LogP contribution in [0.1, 0.15) is 27.5 Å². The van der Waals surface area contributed by atoms with Gasteiger partial charge in [-0.25, -0.2) is 4.79 Å². The summed E-state index contributed by atoms with van der Waals surface area (Å²) in [5.74, 6) is -0.900. The first-order chi connectivity index (χ1) is 15.5. The van der Waals surface area contributed by atoms with E-state index in [0.717, 1.165) is 5.56 Å². The maximum absolute atomic E-state index is 13.7. The highest BCUT2D eigenvalue weighted by Gasteiger charge is 2.34. The van der Waals surface area contributed by atoms with Crippen molar-refractivity contribution in [3.63, 3.8) is 0 Å². The number of Topliss-reactive ketones (excluding diaryl/α,β-unsaturated/α-hetero) is 1. The van der Waals surface area contributed by atoms with Gasteiger partial charge in [-0.2, -0.15) is 0 Å². The molecule has 0 radical (unpaired) electrons. The molecule has 3 N–H and O–H groups in total. The van der Waals surface area contributed by atoms with Gasteiger partial charge in [-0.1, -0.05) is 78.9 Å². The van der Waals surface area contributed by atoms with Crippen LogP contribution in [0.3, 0.4) is 0 Å². The molecule has 1 aliphatic heterocycles. The van der Waals surface area contributed by atoms with Gasteiger partial charge in [-0.3, -0.25) is 4.79 Å². The van der Waals surface area contributed by atoms with Crippen LogP contribution in [0.2, 0.25) is 0 Å². The van der Waals surface area contributed by atoms with E-state index in [0.29, 0.717) is 33.3 Å². The maximum Gasteiger partial charge on any atom is 0.341 e. The molecular formula is C25H20N2O4S. The van der Waals surface area contributed by atoms with Gasteiger partial charge in [0.05, 0.1) is 17.3 Å². The van der Waals surface area contributed by atoms with Crippen LogP contribution in [-0.2, 0) is 4.79 Å². The SMILES string of the molecule is O=C(O)COc1ccccc1[C@@H]1NC(=S)NC(c2ccccc2)=C1C(=O)c1ccccc1. The molecule has 6 nitrogen and oxygen atoms in total. The monoisotopic (exact) mass is 444 g/mol. The Labute approximate surface area is 190 Å². The fourth-order valence-corrected chi connectivity index (χ4v) is 3.83. The van der Waals surface area contributed by atoms with Crippen molar-refractivity contribution in [1.29, 1.82) is 0 Å². The minimum absolute atomic E-state index is 0.176. The number of thiocarbonyl (C=S) groups is 1. The molecule has 0 saturated heterocycles. The van der Waals surface area contributed by atoms with E-state index >= 15 is 0 Å². The van der Waals surface area contributed by atoms with Gasteiger partial charge in [0.15, 0.2) is 17.5 Å². The van der Waals surface area contributed by atoms with Crippen molar-refractivity contribution in [2.24, 2.45) is 0 Å². The Kier molecular flexibility index (Phi) is 6.28. The number of ether oxygens (including phenoxy) is 1. The van der Waals surface area contributed by atoms with E-state index in [2.05, 4.69) is 10.6 Å². The molecule has 3 aromatic carbocycles. The molecular weight excluding hydrogens is 424 g/mol. The Hall–Kier alpha value is -3.97. The van der Waals surface area contributed by atoms with Crippen molar-refractivity contribution in [1.82, 2.24) is 10.6 Å². The van der Waals surface area contributed by atoms with Crippen LogP contribution in [0.4, 0.5) is 0 Å². The average Bonchev–Trinajstić information content (AvgIpc) is 2.83. The number of aliphatic carboxylic acids is 1. The summed E-state index contributed by atoms with van der Waals surface area (Å²) >= 11 is 5.46. The molecule has 0 aliphatic carbocycles. The van der Waals surface area contributed by atoms with Gasteiger partial charge in [0.2, 0.25) is 0 Å². The van der Waals surface area contributed by atoms with Crippen molar-refractivity contribution in [2.75, 3.05) is 6.61 Å². The highest BCUT2D eigenvalue weighted by Crippen LogP contribution is 2.37. The Morgan fingerprint density at radius 3 is 2.22 bits per heavy atom. The summed E-state index contributed by atoms with van der Waals surface area (Å²) in [5.41, 5.74) is 3.01.